The molecule has 0 spiro atoms. The molecule has 0 aromatic rings. The van der Waals surface area contributed by atoms with Crippen LogP contribution in [-0.4, -0.2) is 48.3 Å². The first-order chi connectivity index (χ1) is 7.11. The average Bonchev–Trinajstić information content (AvgIpc) is 2.25. The van der Waals surface area contributed by atoms with E-state index in [1.807, 2.05) is 0 Å². The number of aliphatic hydroxyl groups excluding tert-OH is 1. The highest BCUT2D eigenvalue weighted by molar-refractivity contribution is 4.81. The number of likely N-dealkylation sites (N-methyl/N-ethyl adjacent to an activating group) is 1. The van der Waals surface area contributed by atoms with Crippen molar-refractivity contribution < 1.29 is 5.11 Å². The van der Waals surface area contributed by atoms with E-state index in [2.05, 4.69) is 37.9 Å². The molecule has 0 saturated carbocycles. The molecule has 0 aromatic heterocycles. The summed E-state index contributed by atoms with van der Waals surface area (Å²) in [6.45, 7) is 13.1. The normalized spacial score (nSPS) is 15.6. The number of rotatable bonds is 9. The molecule has 0 aromatic carbocycles. The molecule has 0 heterocycles. The molecule has 1 atom stereocenters. The molecule has 1 unspecified atom stereocenters. The van der Waals surface area contributed by atoms with Crippen molar-refractivity contribution >= 4 is 0 Å². The first-order valence-electron chi connectivity index (χ1n) is 6.20. The van der Waals surface area contributed by atoms with Gasteiger partial charge < -0.3 is 15.3 Å². The molecular formula is C12H28N2O. The fraction of sp³-hybridized carbons (Fsp3) is 1.00. The minimum Gasteiger partial charge on any atom is -0.394 e. The molecule has 0 amide bonds. The monoisotopic (exact) mass is 216 g/mol. The van der Waals surface area contributed by atoms with Crippen molar-refractivity contribution in [3.63, 3.8) is 0 Å². The Balaban J connectivity index is 3.80. The number of hydrogen-bond acceptors (Lipinski definition) is 3. The Morgan fingerprint density at radius 3 is 2.20 bits per heavy atom. The van der Waals surface area contributed by atoms with E-state index in [-0.39, 0.29) is 12.1 Å². The van der Waals surface area contributed by atoms with Crippen molar-refractivity contribution in [3.8, 4) is 0 Å². The Kier molecular flexibility index (Phi) is 8.02. The smallest absolute Gasteiger partial charge is 0.0610 e. The number of aliphatic hydroxyl groups is 1. The van der Waals surface area contributed by atoms with E-state index in [4.69, 9.17) is 0 Å². The number of hydrogen-bond donors (Lipinski definition) is 2. The summed E-state index contributed by atoms with van der Waals surface area (Å²) in [7, 11) is 0. The van der Waals surface area contributed by atoms with Crippen LogP contribution in [0.15, 0.2) is 0 Å². The van der Waals surface area contributed by atoms with Crippen LogP contribution < -0.4 is 5.32 Å². The minimum absolute atomic E-state index is 0.0953. The molecule has 0 aliphatic carbocycles. The molecule has 0 radical (unpaired) electrons. The number of nitrogens with zero attached hydrogens (tertiary/aromatic N) is 1. The molecule has 0 aliphatic rings. The summed E-state index contributed by atoms with van der Waals surface area (Å²) in [5, 5.41) is 12.7. The van der Waals surface area contributed by atoms with Crippen LogP contribution in [0.1, 0.15) is 40.5 Å². The second-order valence-electron chi connectivity index (χ2n) is 4.38. The van der Waals surface area contributed by atoms with Crippen molar-refractivity contribution in [2.24, 2.45) is 0 Å². The van der Waals surface area contributed by atoms with Gasteiger partial charge in [0.05, 0.1) is 6.61 Å². The molecule has 3 heteroatoms. The molecule has 0 fully saturated rings. The maximum atomic E-state index is 9.32. The first-order valence-corrected chi connectivity index (χ1v) is 6.20. The predicted molar refractivity (Wildman–Crippen MR) is 66.2 cm³/mol. The molecule has 2 N–H and O–H groups in total. The van der Waals surface area contributed by atoms with Gasteiger partial charge in [0.15, 0.2) is 0 Å². The van der Waals surface area contributed by atoms with Crippen molar-refractivity contribution in [1.29, 1.82) is 0 Å². The van der Waals surface area contributed by atoms with E-state index in [0.29, 0.717) is 0 Å². The third-order valence-corrected chi connectivity index (χ3v) is 3.05. The molecule has 3 nitrogen and oxygen atoms in total. The molecule has 0 bridgehead atoms. The van der Waals surface area contributed by atoms with Gasteiger partial charge in [-0.25, -0.2) is 0 Å². The van der Waals surface area contributed by atoms with Gasteiger partial charge in [-0.1, -0.05) is 20.8 Å². The van der Waals surface area contributed by atoms with E-state index in [9.17, 15) is 5.11 Å². The molecular weight excluding hydrogens is 188 g/mol. The van der Waals surface area contributed by atoms with Gasteiger partial charge in [-0.2, -0.15) is 0 Å². The zero-order valence-corrected chi connectivity index (χ0v) is 10.8. The third kappa shape index (κ3) is 6.13. The maximum Gasteiger partial charge on any atom is 0.0610 e. The van der Waals surface area contributed by atoms with Crippen LogP contribution >= 0.6 is 0 Å². The van der Waals surface area contributed by atoms with Crippen molar-refractivity contribution in [2.75, 3.05) is 32.8 Å². The fourth-order valence-corrected chi connectivity index (χ4v) is 1.88. The second-order valence-corrected chi connectivity index (χ2v) is 4.38. The summed E-state index contributed by atoms with van der Waals surface area (Å²) < 4.78 is 0. The van der Waals surface area contributed by atoms with Crippen molar-refractivity contribution in [3.05, 3.63) is 0 Å². The molecule has 0 saturated heterocycles. The lowest BCUT2D eigenvalue weighted by molar-refractivity contribution is 0.159. The van der Waals surface area contributed by atoms with E-state index < -0.39 is 0 Å². The zero-order chi connectivity index (χ0) is 11.7. The van der Waals surface area contributed by atoms with Crippen LogP contribution in [0.3, 0.4) is 0 Å². The van der Waals surface area contributed by atoms with Gasteiger partial charge in [0.2, 0.25) is 0 Å². The van der Waals surface area contributed by atoms with E-state index >= 15 is 0 Å². The Morgan fingerprint density at radius 2 is 1.80 bits per heavy atom. The van der Waals surface area contributed by atoms with Crippen LogP contribution in [0.4, 0.5) is 0 Å². The lowest BCUT2D eigenvalue weighted by Gasteiger charge is -2.29. The van der Waals surface area contributed by atoms with E-state index in [0.717, 1.165) is 39.0 Å². The van der Waals surface area contributed by atoms with Crippen molar-refractivity contribution in [1.82, 2.24) is 10.2 Å². The van der Waals surface area contributed by atoms with Crippen LogP contribution in [0, 0.1) is 0 Å². The quantitative estimate of drug-likeness (QED) is 0.612. The lowest BCUT2D eigenvalue weighted by Crippen LogP contribution is -2.46. The Morgan fingerprint density at radius 1 is 1.20 bits per heavy atom. The molecule has 0 aliphatic heterocycles. The lowest BCUT2D eigenvalue weighted by atomic mass is 9.96. The summed E-state index contributed by atoms with van der Waals surface area (Å²) in [4.78, 5) is 2.42. The Hall–Kier alpha value is -0.120. The minimum atomic E-state index is -0.0953. The molecule has 92 valence electrons. The third-order valence-electron chi connectivity index (χ3n) is 3.05. The standard InChI is InChI=1S/C12H28N2O/c1-5-13-12(4,11-15)9-8-10-14(6-2)7-3/h13,15H,5-11H2,1-4H3. The Bertz CT molecular complexity index is 149. The van der Waals surface area contributed by atoms with Gasteiger partial charge in [-0.15, -0.1) is 0 Å². The van der Waals surface area contributed by atoms with Gasteiger partial charge in [0.25, 0.3) is 0 Å². The first kappa shape index (κ1) is 14.9. The second kappa shape index (κ2) is 8.08. The van der Waals surface area contributed by atoms with Crippen LogP contribution in [0.5, 0.6) is 0 Å². The van der Waals surface area contributed by atoms with Crippen LogP contribution in [-0.2, 0) is 0 Å². The zero-order valence-electron chi connectivity index (χ0n) is 10.8. The summed E-state index contributed by atoms with van der Waals surface area (Å²) >= 11 is 0. The van der Waals surface area contributed by atoms with E-state index in [1.165, 1.54) is 0 Å². The highest BCUT2D eigenvalue weighted by atomic mass is 16.3. The van der Waals surface area contributed by atoms with E-state index in [1.54, 1.807) is 0 Å². The fourth-order valence-electron chi connectivity index (χ4n) is 1.88. The highest BCUT2D eigenvalue weighted by Gasteiger charge is 2.21. The van der Waals surface area contributed by atoms with Crippen LogP contribution in [0.25, 0.3) is 0 Å². The Labute approximate surface area is 94.9 Å². The summed E-state index contributed by atoms with van der Waals surface area (Å²) in [5.41, 5.74) is -0.0953. The summed E-state index contributed by atoms with van der Waals surface area (Å²) in [6.07, 6.45) is 2.18. The summed E-state index contributed by atoms with van der Waals surface area (Å²) in [6, 6.07) is 0. The number of nitrogens with one attached hydrogen (secondary N) is 1. The SMILES string of the molecule is CCNC(C)(CO)CCCN(CC)CC. The van der Waals surface area contributed by atoms with Gasteiger partial charge in [-0.05, 0) is 45.9 Å². The highest BCUT2D eigenvalue weighted by Crippen LogP contribution is 2.11. The average molecular weight is 216 g/mol. The molecule has 15 heavy (non-hydrogen) atoms. The maximum absolute atomic E-state index is 9.32. The van der Waals surface area contributed by atoms with Gasteiger partial charge >= 0.3 is 0 Å². The van der Waals surface area contributed by atoms with Gasteiger partial charge in [0, 0.05) is 5.54 Å². The largest absolute Gasteiger partial charge is 0.394 e. The van der Waals surface area contributed by atoms with Gasteiger partial charge in [-0.3, -0.25) is 0 Å². The van der Waals surface area contributed by atoms with Crippen molar-refractivity contribution in [2.45, 2.75) is 46.1 Å². The predicted octanol–water partition coefficient (Wildman–Crippen LogP) is 1.47. The summed E-state index contributed by atoms with van der Waals surface area (Å²) in [5.74, 6) is 0. The van der Waals surface area contributed by atoms with Gasteiger partial charge in [0.1, 0.15) is 0 Å². The van der Waals surface area contributed by atoms with Crippen LogP contribution in [0.2, 0.25) is 0 Å². The topological polar surface area (TPSA) is 35.5 Å². The molecule has 0 rings (SSSR count).